The molecule has 2 unspecified atom stereocenters. The van der Waals surface area contributed by atoms with Gasteiger partial charge in [0, 0.05) is 6.54 Å². The van der Waals surface area contributed by atoms with Gasteiger partial charge in [0.2, 0.25) is 0 Å². The van der Waals surface area contributed by atoms with E-state index < -0.39 is 30.4 Å². The summed E-state index contributed by atoms with van der Waals surface area (Å²) in [6.45, 7) is 13.1. The molecule has 0 radical (unpaired) electrons. The molecule has 0 heterocycles. The van der Waals surface area contributed by atoms with Gasteiger partial charge in [0.05, 0.1) is 19.1 Å². The van der Waals surface area contributed by atoms with Crippen LogP contribution < -0.4 is 14.8 Å². The van der Waals surface area contributed by atoms with E-state index in [1.807, 2.05) is 34.6 Å². The van der Waals surface area contributed by atoms with E-state index in [-0.39, 0.29) is 61.4 Å². The van der Waals surface area contributed by atoms with E-state index in [1.165, 1.54) is 12.1 Å². The molecule has 0 saturated carbocycles. The Hall–Kier alpha value is -3.34. The van der Waals surface area contributed by atoms with Gasteiger partial charge in [0.1, 0.15) is 12.1 Å². The van der Waals surface area contributed by atoms with Crippen molar-refractivity contribution in [3.8, 4) is 11.5 Å². The lowest BCUT2D eigenvalue weighted by molar-refractivity contribution is -0.152. The van der Waals surface area contributed by atoms with Crippen LogP contribution in [0.15, 0.2) is 18.2 Å². The topological polar surface area (TPSA) is 147 Å². The largest absolute Gasteiger partial charge is 0.513 e. The average molecular weight is 540 g/mol. The molecule has 214 valence electrons. The summed E-state index contributed by atoms with van der Waals surface area (Å²) in [7, 11) is 0. The molecule has 0 fully saturated rings. The Balaban J connectivity index is 3.00. The molecular weight excluding hydrogens is 498 g/mol. The van der Waals surface area contributed by atoms with Crippen molar-refractivity contribution in [2.75, 3.05) is 19.8 Å². The monoisotopic (exact) mass is 539 g/mol. The zero-order valence-corrected chi connectivity index (χ0v) is 23.3. The van der Waals surface area contributed by atoms with Crippen LogP contribution in [-0.2, 0) is 30.2 Å². The first kappa shape index (κ1) is 32.7. The van der Waals surface area contributed by atoms with Gasteiger partial charge in [-0.1, -0.05) is 47.6 Å². The van der Waals surface area contributed by atoms with Crippen molar-refractivity contribution in [1.82, 2.24) is 5.32 Å². The van der Waals surface area contributed by atoms with Gasteiger partial charge in [-0.05, 0) is 49.3 Å². The smallest absolute Gasteiger partial charge is 0.480 e. The van der Waals surface area contributed by atoms with Crippen LogP contribution >= 0.6 is 0 Å². The second kappa shape index (κ2) is 16.5. The first-order valence-corrected chi connectivity index (χ1v) is 12.8. The van der Waals surface area contributed by atoms with Crippen LogP contribution in [0.2, 0.25) is 0 Å². The van der Waals surface area contributed by atoms with Crippen LogP contribution in [0.3, 0.4) is 0 Å². The maximum atomic E-state index is 12.2. The van der Waals surface area contributed by atoms with Crippen LogP contribution in [-0.4, -0.2) is 61.3 Å². The first-order chi connectivity index (χ1) is 17.8. The summed E-state index contributed by atoms with van der Waals surface area (Å²) in [4.78, 5) is 48.1. The molecule has 1 aromatic carbocycles. The Morgan fingerprint density at radius 3 is 1.92 bits per heavy atom. The van der Waals surface area contributed by atoms with Gasteiger partial charge in [-0.3, -0.25) is 9.59 Å². The normalized spacial score (nSPS) is 13.4. The minimum absolute atomic E-state index is 0.00313. The first-order valence-electron chi connectivity index (χ1n) is 12.8. The molecule has 0 aliphatic carbocycles. The van der Waals surface area contributed by atoms with E-state index in [0.717, 1.165) is 0 Å². The van der Waals surface area contributed by atoms with Crippen LogP contribution in [0.4, 0.5) is 9.59 Å². The molecular formula is C27H41NO10. The quantitative estimate of drug-likeness (QED) is 0.183. The summed E-state index contributed by atoms with van der Waals surface area (Å²) in [5, 5.41) is 12.6. The third-order valence-electron chi connectivity index (χ3n) is 5.19. The molecule has 11 heteroatoms. The number of esters is 1. The second-order valence-corrected chi connectivity index (χ2v) is 9.95. The van der Waals surface area contributed by atoms with Gasteiger partial charge in [0.25, 0.3) is 0 Å². The van der Waals surface area contributed by atoms with Gasteiger partial charge < -0.3 is 34.1 Å². The molecule has 0 bridgehead atoms. The van der Waals surface area contributed by atoms with Crippen molar-refractivity contribution in [2.24, 2.45) is 17.8 Å². The lowest BCUT2D eigenvalue weighted by atomic mass is 10.0. The maximum absolute atomic E-state index is 12.2. The number of carbonyl (C=O) groups is 4. The highest BCUT2D eigenvalue weighted by molar-refractivity contribution is 5.74. The molecule has 0 aromatic heterocycles. The van der Waals surface area contributed by atoms with Gasteiger partial charge in [0.15, 0.2) is 11.5 Å². The SMILES string of the molecule is CCC(C)C(=O)OC(C)CN[C@@H](Cc1ccc(OC(=O)OCC(C)C)c(OC(=O)OCC(C)C)c1)C(=O)O. The van der Waals surface area contributed by atoms with Gasteiger partial charge >= 0.3 is 24.2 Å². The summed E-state index contributed by atoms with van der Waals surface area (Å²) in [5.74, 6) is -1.77. The van der Waals surface area contributed by atoms with Gasteiger partial charge in [-0.2, -0.15) is 0 Å². The third kappa shape index (κ3) is 12.8. The number of carboxylic acid groups (broad SMARTS) is 1. The molecule has 1 rings (SSSR count). The Kier molecular flexibility index (Phi) is 14.2. The number of rotatable bonds is 15. The maximum Gasteiger partial charge on any atom is 0.513 e. The van der Waals surface area contributed by atoms with E-state index in [0.29, 0.717) is 12.0 Å². The Morgan fingerprint density at radius 2 is 1.42 bits per heavy atom. The standard InChI is InChI=1S/C27H41NO10/c1-8-18(6)25(31)36-19(7)13-28-21(24(29)30)11-20-9-10-22(37-26(32)34-14-16(2)3)23(12-20)38-27(33)35-15-17(4)5/h9-10,12,16-19,21,28H,8,11,13-15H2,1-7H3,(H,29,30)/t18?,19?,21-/m0/s1. The molecule has 3 atom stereocenters. The van der Waals surface area contributed by atoms with Gasteiger partial charge in [-0.25, -0.2) is 9.59 Å². The molecule has 0 saturated heterocycles. The Labute approximate surface area is 224 Å². The van der Waals surface area contributed by atoms with E-state index >= 15 is 0 Å². The highest BCUT2D eigenvalue weighted by atomic mass is 16.7. The van der Waals surface area contributed by atoms with Crippen LogP contribution in [0.25, 0.3) is 0 Å². The average Bonchev–Trinajstić information content (AvgIpc) is 2.84. The number of aliphatic carboxylic acids is 1. The van der Waals surface area contributed by atoms with Crippen molar-refractivity contribution >= 4 is 24.2 Å². The van der Waals surface area contributed by atoms with Crippen LogP contribution in [0.5, 0.6) is 11.5 Å². The van der Waals surface area contributed by atoms with Crippen LogP contribution in [0.1, 0.15) is 60.5 Å². The minimum atomic E-state index is -1.12. The molecule has 0 spiro atoms. The lowest BCUT2D eigenvalue weighted by Crippen LogP contribution is -2.43. The fraction of sp³-hybridized carbons (Fsp3) is 0.630. The third-order valence-corrected chi connectivity index (χ3v) is 5.19. The van der Waals surface area contributed by atoms with E-state index in [4.69, 9.17) is 23.7 Å². The number of hydrogen-bond acceptors (Lipinski definition) is 10. The number of carboxylic acids is 1. The van der Waals surface area contributed by atoms with Crippen molar-refractivity contribution in [1.29, 1.82) is 0 Å². The van der Waals surface area contributed by atoms with Crippen molar-refractivity contribution in [3.05, 3.63) is 23.8 Å². The second-order valence-electron chi connectivity index (χ2n) is 9.95. The molecule has 1 aromatic rings. The highest BCUT2D eigenvalue weighted by Gasteiger charge is 2.23. The zero-order valence-electron chi connectivity index (χ0n) is 23.3. The van der Waals surface area contributed by atoms with Gasteiger partial charge in [-0.15, -0.1) is 0 Å². The molecule has 2 N–H and O–H groups in total. The van der Waals surface area contributed by atoms with E-state index in [2.05, 4.69) is 5.32 Å². The molecule has 38 heavy (non-hydrogen) atoms. The van der Waals surface area contributed by atoms with Crippen molar-refractivity contribution in [3.63, 3.8) is 0 Å². The zero-order chi connectivity index (χ0) is 28.8. The summed E-state index contributed by atoms with van der Waals surface area (Å²) in [6, 6.07) is 3.28. The van der Waals surface area contributed by atoms with Crippen LogP contribution in [0, 0.1) is 17.8 Å². The summed E-state index contributed by atoms with van der Waals surface area (Å²) < 4.78 is 25.9. The molecule has 0 aliphatic rings. The Bertz CT molecular complexity index is 930. The van der Waals surface area contributed by atoms with E-state index in [9.17, 15) is 24.3 Å². The van der Waals surface area contributed by atoms with Crippen molar-refractivity contribution in [2.45, 2.75) is 73.5 Å². The van der Waals surface area contributed by atoms with Crippen molar-refractivity contribution < 1.29 is 48.0 Å². The number of benzene rings is 1. The number of ether oxygens (including phenoxy) is 5. The predicted molar refractivity (Wildman–Crippen MR) is 138 cm³/mol. The number of nitrogens with one attached hydrogen (secondary N) is 1. The molecule has 11 nitrogen and oxygen atoms in total. The summed E-state index contributed by atoms with van der Waals surface area (Å²) in [6.07, 6.45) is -1.88. The number of carbonyl (C=O) groups excluding carboxylic acids is 3. The highest BCUT2D eigenvalue weighted by Crippen LogP contribution is 2.30. The summed E-state index contributed by atoms with van der Waals surface area (Å²) in [5.41, 5.74) is 0.476. The summed E-state index contributed by atoms with van der Waals surface area (Å²) >= 11 is 0. The fourth-order valence-electron chi connectivity index (χ4n) is 2.86. The molecule has 0 aliphatic heterocycles. The fourth-order valence-corrected chi connectivity index (χ4v) is 2.86. The predicted octanol–water partition coefficient (Wildman–Crippen LogP) is 4.59. The lowest BCUT2D eigenvalue weighted by Gasteiger charge is -2.20. The molecule has 0 amide bonds. The Morgan fingerprint density at radius 1 is 0.868 bits per heavy atom. The minimum Gasteiger partial charge on any atom is -0.480 e. The van der Waals surface area contributed by atoms with E-state index in [1.54, 1.807) is 19.9 Å². The number of hydrogen-bond donors (Lipinski definition) is 2.